The number of hydrogen-bond acceptors (Lipinski definition) is 4. The van der Waals surface area contributed by atoms with Gasteiger partial charge in [0, 0.05) is 0 Å². The van der Waals surface area contributed by atoms with Gasteiger partial charge in [-0.1, -0.05) is 0 Å². The van der Waals surface area contributed by atoms with Crippen LogP contribution in [0.15, 0.2) is 10.8 Å². The number of hydrogen-bond donors (Lipinski definition) is 0. The summed E-state index contributed by atoms with van der Waals surface area (Å²) in [6, 6.07) is 3.52. The molecule has 0 bridgehead atoms. The average Bonchev–Trinajstić information content (AvgIpc) is 2.04. The van der Waals surface area contributed by atoms with Gasteiger partial charge < -0.3 is 0 Å². The highest BCUT2D eigenvalue weighted by atomic mass is 79.9. The Morgan fingerprint density at radius 3 is 2.45 bits per heavy atom. The molecular formula is C6HBrN4. The largest absolute Gasteiger partial charge is 0.240 e. The first-order chi connectivity index (χ1) is 5.27. The van der Waals surface area contributed by atoms with Crippen molar-refractivity contribution in [3.8, 4) is 12.1 Å². The van der Waals surface area contributed by atoms with Crippen LogP contribution >= 0.6 is 15.9 Å². The van der Waals surface area contributed by atoms with Gasteiger partial charge in [0.2, 0.25) is 0 Å². The topological polar surface area (TPSA) is 73.4 Å². The fourth-order valence-corrected chi connectivity index (χ4v) is 0.807. The summed E-state index contributed by atoms with van der Waals surface area (Å²) in [5.41, 5.74) is 0.0950. The number of halogens is 1. The second-order valence-corrected chi connectivity index (χ2v) is 2.43. The Morgan fingerprint density at radius 1 is 1.27 bits per heavy atom. The molecule has 0 aliphatic rings. The summed E-state index contributed by atoms with van der Waals surface area (Å²) in [7, 11) is 0. The van der Waals surface area contributed by atoms with E-state index < -0.39 is 0 Å². The van der Waals surface area contributed by atoms with Crippen molar-refractivity contribution < 1.29 is 0 Å². The monoisotopic (exact) mass is 208 g/mol. The predicted molar refractivity (Wildman–Crippen MR) is 39.2 cm³/mol. The van der Waals surface area contributed by atoms with Crippen LogP contribution in [0, 0.1) is 22.7 Å². The molecule has 0 aliphatic heterocycles. The molecule has 1 aromatic heterocycles. The molecule has 0 unspecified atom stereocenters. The van der Waals surface area contributed by atoms with Crippen LogP contribution < -0.4 is 0 Å². The Bertz CT molecular complexity index is 360. The Labute approximate surface area is 71.3 Å². The van der Waals surface area contributed by atoms with Crippen LogP contribution in [0.1, 0.15) is 11.4 Å². The van der Waals surface area contributed by atoms with E-state index in [9.17, 15) is 0 Å². The van der Waals surface area contributed by atoms with E-state index in [1.165, 1.54) is 6.20 Å². The van der Waals surface area contributed by atoms with Gasteiger partial charge >= 0.3 is 0 Å². The van der Waals surface area contributed by atoms with E-state index in [0.717, 1.165) is 0 Å². The Kier molecular flexibility index (Phi) is 2.15. The summed E-state index contributed by atoms with van der Waals surface area (Å²) < 4.78 is 0.452. The first-order valence-electron chi connectivity index (χ1n) is 2.60. The third-order valence-electron chi connectivity index (χ3n) is 0.955. The van der Waals surface area contributed by atoms with E-state index in [-0.39, 0.29) is 11.4 Å². The van der Waals surface area contributed by atoms with Gasteiger partial charge in [-0.15, -0.1) is 0 Å². The van der Waals surface area contributed by atoms with E-state index >= 15 is 0 Å². The highest BCUT2D eigenvalue weighted by Gasteiger charge is 2.03. The SMILES string of the molecule is N#Cc1ncc(Br)nc1C#N. The maximum absolute atomic E-state index is 8.45. The molecule has 0 radical (unpaired) electrons. The van der Waals surface area contributed by atoms with Crippen LogP contribution in [0.2, 0.25) is 0 Å². The van der Waals surface area contributed by atoms with Crippen LogP contribution in [0.5, 0.6) is 0 Å². The predicted octanol–water partition coefficient (Wildman–Crippen LogP) is 0.982. The van der Waals surface area contributed by atoms with Gasteiger partial charge in [0.1, 0.15) is 16.7 Å². The molecule has 5 heteroatoms. The van der Waals surface area contributed by atoms with Gasteiger partial charge in [-0.3, -0.25) is 0 Å². The van der Waals surface area contributed by atoms with Crippen molar-refractivity contribution in [1.29, 1.82) is 10.5 Å². The number of nitrogens with zero attached hydrogens (tertiary/aromatic N) is 4. The van der Waals surface area contributed by atoms with Gasteiger partial charge in [-0.2, -0.15) is 10.5 Å². The van der Waals surface area contributed by atoms with E-state index in [0.29, 0.717) is 4.60 Å². The van der Waals surface area contributed by atoms with Crippen LogP contribution in [0.3, 0.4) is 0 Å². The Hall–Kier alpha value is -1.46. The molecule has 1 aromatic rings. The third kappa shape index (κ3) is 1.51. The van der Waals surface area contributed by atoms with Crippen molar-refractivity contribution in [2.24, 2.45) is 0 Å². The number of nitriles is 2. The lowest BCUT2D eigenvalue weighted by atomic mass is 10.3. The molecule has 1 rings (SSSR count). The first-order valence-corrected chi connectivity index (χ1v) is 3.40. The molecule has 0 saturated carbocycles. The molecule has 0 saturated heterocycles. The maximum Gasteiger partial charge on any atom is 0.178 e. The molecule has 0 fully saturated rings. The first kappa shape index (κ1) is 7.64. The van der Waals surface area contributed by atoms with Crippen LogP contribution in [0.4, 0.5) is 0 Å². The van der Waals surface area contributed by atoms with Crippen molar-refractivity contribution in [3.05, 3.63) is 22.2 Å². The summed E-state index contributed by atoms with van der Waals surface area (Å²) >= 11 is 3.03. The zero-order valence-corrected chi connectivity index (χ0v) is 6.83. The average molecular weight is 209 g/mol. The molecular weight excluding hydrogens is 208 g/mol. The van der Waals surface area contributed by atoms with Gasteiger partial charge in [0.05, 0.1) is 6.20 Å². The summed E-state index contributed by atoms with van der Waals surface area (Å²) in [4.78, 5) is 7.41. The lowest BCUT2D eigenvalue weighted by molar-refractivity contribution is 1.10. The van der Waals surface area contributed by atoms with Gasteiger partial charge in [0.25, 0.3) is 0 Å². The molecule has 0 spiro atoms. The van der Waals surface area contributed by atoms with E-state index in [2.05, 4.69) is 25.9 Å². The Balaban J connectivity index is 3.34. The van der Waals surface area contributed by atoms with Gasteiger partial charge in [-0.25, -0.2) is 9.97 Å². The minimum absolute atomic E-state index is 0.0434. The normalized spacial score (nSPS) is 8.27. The number of aromatic nitrogens is 2. The second kappa shape index (κ2) is 3.09. The zero-order valence-electron chi connectivity index (χ0n) is 5.24. The third-order valence-corrected chi connectivity index (χ3v) is 1.34. The summed E-state index contributed by atoms with van der Waals surface area (Å²) in [6.07, 6.45) is 1.37. The van der Waals surface area contributed by atoms with Crippen molar-refractivity contribution >= 4 is 15.9 Å². The van der Waals surface area contributed by atoms with E-state index in [1.807, 2.05) is 0 Å². The summed E-state index contributed by atoms with van der Waals surface area (Å²) in [6.45, 7) is 0. The van der Waals surface area contributed by atoms with E-state index in [4.69, 9.17) is 10.5 Å². The lowest BCUT2D eigenvalue weighted by Crippen LogP contribution is -1.92. The fourth-order valence-electron chi connectivity index (χ4n) is 0.527. The molecule has 0 atom stereocenters. The fraction of sp³-hybridized carbons (Fsp3) is 0. The molecule has 0 aromatic carbocycles. The zero-order chi connectivity index (χ0) is 8.27. The lowest BCUT2D eigenvalue weighted by Gasteiger charge is -1.90. The minimum atomic E-state index is 0.0434. The Morgan fingerprint density at radius 2 is 1.91 bits per heavy atom. The highest BCUT2D eigenvalue weighted by molar-refractivity contribution is 9.10. The van der Waals surface area contributed by atoms with Crippen LogP contribution in [-0.4, -0.2) is 9.97 Å². The quantitative estimate of drug-likeness (QED) is 0.638. The van der Waals surface area contributed by atoms with Crippen molar-refractivity contribution in [2.45, 2.75) is 0 Å². The minimum Gasteiger partial charge on any atom is -0.240 e. The van der Waals surface area contributed by atoms with E-state index in [1.54, 1.807) is 12.1 Å². The molecule has 52 valence electrons. The number of rotatable bonds is 0. The highest BCUT2D eigenvalue weighted by Crippen LogP contribution is 2.06. The molecule has 1 heterocycles. The molecule has 0 aliphatic carbocycles. The summed E-state index contributed by atoms with van der Waals surface area (Å²) in [5.74, 6) is 0. The van der Waals surface area contributed by atoms with Crippen molar-refractivity contribution in [2.75, 3.05) is 0 Å². The van der Waals surface area contributed by atoms with Gasteiger partial charge in [0.15, 0.2) is 11.4 Å². The van der Waals surface area contributed by atoms with Crippen LogP contribution in [0.25, 0.3) is 0 Å². The smallest absolute Gasteiger partial charge is 0.178 e. The molecule has 0 N–H and O–H groups in total. The molecule has 11 heavy (non-hydrogen) atoms. The van der Waals surface area contributed by atoms with Crippen molar-refractivity contribution in [1.82, 2.24) is 9.97 Å². The van der Waals surface area contributed by atoms with Crippen molar-refractivity contribution in [3.63, 3.8) is 0 Å². The standard InChI is InChI=1S/C6HBrN4/c7-6-3-10-4(1-8)5(2-9)11-6/h3H. The molecule has 4 nitrogen and oxygen atoms in total. The maximum atomic E-state index is 8.45. The van der Waals surface area contributed by atoms with Gasteiger partial charge in [-0.05, 0) is 15.9 Å². The summed E-state index contributed by atoms with van der Waals surface area (Å²) in [5, 5.41) is 16.9. The van der Waals surface area contributed by atoms with Crippen LogP contribution in [-0.2, 0) is 0 Å². The second-order valence-electron chi connectivity index (χ2n) is 1.61. The molecule has 0 amide bonds.